The van der Waals surface area contributed by atoms with E-state index in [9.17, 15) is 14.4 Å². The van der Waals surface area contributed by atoms with Gasteiger partial charge in [0.05, 0.1) is 22.1 Å². The van der Waals surface area contributed by atoms with Crippen LogP contribution in [0, 0.1) is 11.8 Å². The number of unbranched alkanes of at least 4 members (excludes halogenated alkanes) is 3. The van der Waals surface area contributed by atoms with Crippen LogP contribution in [0.25, 0.3) is 11.0 Å². The van der Waals surface area contributed by atoms with Gasteiger partial charge >= 0.3 is 0 Å². The van der Waals surface area contributed by atoms with Crippen molar-refractivity contribution in [1.29, 1.82) is 0 Å². The maximum Gasteiger partial charge on any atom is 0.245 e. The molecule has 4 heterocycles. The predicted molar refractivity (Wildman–Crippen MR) is 139 cm³/mol. The molecule has 3 aliphatic heterocycles. The minimum atomic E-state index is -0.674. The summed E-state index contributed by atoms with van der Waals surface area (Å²) in [5.74, 6) is -1.48. The first-order chi connectivity index (χ1) is 17.4. The summed E-state index contributed by atoms with van der Waals surface area (Å²) in [6.07, 6.45) is 3.83. The van der Waals surface area contributed by atoms with Crippen LogP contribution in [0.3, 0.4) is 0 Å². The number of para-hydroxylation sites is 1. The number of aromatic nitrogens is 3. The van der Waals surface area contributed by atoms with Gasteiger partial charge in [-0.25, -0.2) is 4.68 Å². The average Bonchev–Trinajstić information content (AvgIpc) is 3.59. The van der Waals surface area contributed by atoms with Gasteiger partial charge in [-0.1, -0.05) is 46.1 Å². The van der Waals surface area contributed by atoms with Gasteiger partial charge in [0.2, 0.25) is 17.7 Å². The molecule has 5 rings (SSSR count). The minimum Gasteiger partial charge on any atom is -0.396 e. The standard InChI is InChI=1S/C24H31BrN6O4S/c1-26-21(33)17-18-23(35)30(10-6-2-3-7-11-32)20(24(18)12-14(25)19(17)36-24)22(34)27-13-31-16-9-5-4-8-15(16)28-29-31/h4-5,8-9,14,17-20,32H,2-3,6-7,10-13H2,1H3,(H,26,33)(H,27,34)/t14?,17-,18-,19-,20?,24?/m0/s1. The molecule has 194 valence electrons. The molecule has 1 spiro atoms. The number of nitrogens with one attached hydrogen (secondary N) is 2. The van der Waals surface area contributed by atoms with Crippen LogP contribution in [0.2, 0.25) is 0 Å². The third-order valence-corrected chi connectivity index (χ3v) is 10.9. The van der Waals surface area contributed by atoms with Gasteiger partial charge in [-0.15, -0.1) is 16.9 Å². The molecule has 3 saturated heterocycles. The van der Waals surface area contributed by atoms with E-state index in [0.29, 0.717) is 13.0 Å². The number of benzene rings is 1. The van der Waals surface area contributed by atoms with Crippen molar-refractivity contribution in [3.8, 4) is 0 Å². The number of nitrogens with zero attached hydrogens (tertiary/aromatic N) is 4. The fraction of sp³-hybridized carbons (Fsp3) is 0.625. The van der Waals surface area contributed by atoms with Gasteiger partial charge in [-0.2, -0.15) is 0 Å². The lowest BCUT2D eigenvalue weighted by Gasteiger charge is -2.35. The van der Waals surface area contributed by atoms with Gasteiger partial charge in [0.1, 0.15) is 18.2 Å². The molecule has 3 fully saturated rings. The van der Waals surface area contributed by atoms with Crippen LogP contribution >= 0.6 is 27.7 Å². The fourth-order valence-electron chi connectivity index (χ4n) is 6.17. The molecule has 0 aliphatic carbocycles. The number of alkyl halides is 1. The average molecular weight is 580 g/mol. The van der Waals surface area contributed by atoms with E-state index < -0.39 is 22.6 Å². The largest absolute Gasteiger partial charge is 0.396 e. The molecule has 2 aromatic rings. The number of halogens is 1. The Morgan fingerprint density at radius 2 is 2.00 bits per heavy atom. The number of carbonyl (C=O) groups is 3. The van der Waals surface area contributed by atoms with E-state index in [2.05, 4.69) is 36.9 Å². The Morgan fingerprint density at radius 1 is 1.22 bits per heavy atom. The molecular weight excluding hydrogens is 548 g/mol. The van der Waals surface area contributed by atoms with Crippen molar-refractivity contribution in [2.45, 2.75) is 59.6 Å². The number of rotatable bonds is 10. The highest BCUT2D eigenvalue weighted by atomic mass is 79.9. The molecule has 3 unspecified atom stereocenters. The maximum absolute atomic E-state index is 13.8. The Labute approximate surface area is 222 Å². The number of carbonyl (C=O) groups excluding carboxylic acids is 3. The van der Waals surface area contributed by atoms with Crippen LogP contribution in [-0.4, -0.2) is 83.8 Å². The van der Waals surface area contributed by atoms with Crippen LogP contribution in [0.1, 0.15) is 32.1 Å². The molecule has 3 N–H and O–H groups in total. The van der Waals surface area contributed by atoms with Crippen LogP contribution < -0.4 is 10.6 Å². The molecule has 36 heavy (non-hydrogen) atoms. The number of hydrogen-bond acceptors (Lipinski definition) is 7. The molecule has 0 saturated carbocycles. The highest BCUT2D eigenvalue weighted by molar-refractivity contribution is 9.09. The van der Waals surface area contributed by atoms with E-state index in [1.54, 1.807) is 28.4 Å². The Kier molecular flexibility index (Phi) is 7.28. The Balaban J connectivity index is 1.41. The number of aliphatic hydroxyl groups is 1. The summed E-state index contributed by atoms with van der Waals surface area (Å²) in [4.78, 5) is 42.3. The summed E-state index contributed by atoms with van der Waals surface area (Å²) in [7, 11) is 1.60. The number of likely N-dealkylation sites (tertiary alicyclic amines) is 1. The van der Waals surface area contributed by atoms with Crippen molar-refractivity contribution in [1.82, 2.24) is 30.5 Å². The van der Waals surface area contributed by atoms with E-state index in [4.69, 9.17) is 5.11 Å². The van der Waals surface area contributed by atoms with Crippen molar-refractivity contribution in [2.24, 2.45) is 11.8 Å². The molecule has 10 nitrogen and oxygen atoms in total. The second kappa shape index (κ2) is 10.3. The molecule has 6 atom stereocenters. The smallest absolute Gasteiger partial charge is 0.245 e. The molecule has 3 amide bonds. The van der Waals surface area contributed by atoms with Gasteiger partial charge < -0.3 is 20.6 Å². The van der Waals surface area contributed by atoms with Gasteiger partial charge in [0.25, 0.3) is 0 Å². The molecule has 12 heteroatoms. The number of fused-ring (bicyclic) bond motifs is 2. The number of thioether (sulfide) groups is 1. The van der Waals surface area contributed by atoms with Crippen LogP contribution in [0.4, 0.5) is 0 Å². The molecule has 2 bridgehead atoms. The van der Waals surface area contributed by atoms with Crippen LogP contribution in [-0.2, 0) is 21.1 Å². The summed E-state index contributed by atoms with van der Waals surface area (Å²) < 4.78 is 0.977. The number of aliphatic hydroxyl groups excluding tert-OH is 1. The highest BCUT2D eigenvalue weighted by Crippen LogP contribution is 2.67. The Bertz CT molecular complexity index is 1160. The van der Waals surface area contributed by atoms with E-state index in [-0.39, 0.29) is 41.1 Å². The normalized spacial score (nSPS) is 30.7. The summed E-state index contributed by atoms with van der Waals surface area (Å²) in [6, 6.07) is 6.86. The van der Waals surface area contributed by atoms with Crippen molar-refractivity contribution >= 4 is 56.4 Å². The van der Waals surface area contributed by atoms with Crippen molar-refractivity contribution < 1.29 is 19.5 Å². The van der Waals surface area contributed by atoms with Gasteiger partial charge in [-0.05, 0) is 31.4 Å². The molecular formula is C24H31BrN6O4S. The van der Waals surface area contributed by atoms with Crippen molar-refractivity contribution in [3.05, 3.63) is 24.3 Å². The van der Waals surface area contributed by atoms with Gasteiger partial charge in [0, 0.05) is 30.3 Å². The third-order valence-electron chi connectivity index (χ3n) is 7.72. The monoisotopic (exact) mass is 578 g/mol. The van der Waals surface area contributed by atoms with Crippen LogP contribution in [0.15, 0.2) is 24.3 Å². The first-order valence-electron chi connectivity index (χ1n) is 12.4. The van der Waals surface area contributed by atoms with Crippen LogP contribution in [0.5, 0.6) is 0 Å². The van der Waals surface area contributed by atoms with E-state index in [1.807, 2.05) is 24.3 Å². The topological polar surface area (TPSA) is 129 Å². The third kappa shape index (κ3) is 4.10. The second-order valence-corrected chi connectivity index (χ2v) is 12.4. The minimum absolute atomic E-state index is 0.0490. The summed E-state index contributed by atoms with van der Waals surface area (Å²) in [6.45, 7) is 0.736. The summed E-state index contributed by atoms with van der Waals surface area (Å²) in [5, 5.41) is 23.1. The summed E-state index contributed by atoms with van der Waals surface area (Å²) in [5.41, 5.74) is 1.56. The first-order valence-corrected chi connectivity index (χ1v) is 14.2. The lowest BCUT2D eigenvalue weighted by molar-refractivity contribution is -0.140. The predicted octanol–water partition coefficient (Wildman–Crippen LogP) is 1.27. The van der Waals surface area contributed by atoms with Crippen molar-refractivity contribution in [2.75, 3.05) is 20.2 Å². The molecule has 0 radical (unpaired) electrons. The highest BCUT2D eigenvalue weighted by Gasteiger charge is 2.75. The number of hydrogen-bond donors (Lipinski definition) is 3. The van der Waals surface area contributed by atoms with Crippen molar-refractivity contribution in [3.63, 3.8) is 0 Å². The van der Waals surface area contributed by atoms with Gasteiger partial charge in [0.15, 0.2) is 0 Å². The fourth-order valence-corrected chi connectivity index (χ4v) is 9.78. The zero-order chi connectivity index (χ0) is 25.4. The first kappa shape index (κ1) is 25.5. The Morgan fingerprint density at radius 3 is 2.78 bits per heavy atom. The zero-order valence-corrected chi connectivity index (χ0v) is 22.5. The molecule has 3 aliphatic rings. The lowest BCUT2D eigenvalue weighted by Crippen LogP contribution is -2.54. The van der Waals surface area contributed by atoms with E-state index in [0.717, 1.165) is 36.7 Å². The SMILES string of the molecule is CNC(=O)[C@H]1[C@H]2C(=O)N(CCCCCCO)C(C(=O)NCn3nnc4ccccc43)C23CC(Br)[C@@H]1S3. The number of amides is 3. The molecule has 1 aromatic carbocycles. The van der Waals surface area contributed by atoms with E-state index >= 15 is 0 Å². The molecule has 1 aromatic heterocycles. The maximum atomic E-state index is 13.8. The summed E-state index contributed by atoms with van der Waals surface area (Å²) >= 11 is 5.38. The zero-order valence-electron chi connectivity index (χ0n) is 20.1. The van der Waals surface area contributed by atoms with Gasteiger partial charge in [-0.3, -0.25) is 14.4 Å². The quantitative estimate of drug-likeness (QED) is 0.286. The second-order valence-electron chi connectivity index (χ2n) is 9.72. The Hall–Kier alpha value is -2.18. The van der Waals surface area contributed by atoms with E-state index in [1.165, 1.54) is 0 Å². The lowest BCUT2D eigenvalue weighted by atomic mass is 9.70.